The first-order chi connectivity index (χ1) is 11.8. The molecule has 0 amide bonds. The fourth-order valence-corrected chi connectivity index (χ4v) is 5.34. The quantitative estimate of drug-likeness (QED) is 0.815. The predicted octanol–water partition coefficient (Wildman–Crippen LogP) is 4.69. The highest BCUT2D eigenvalue weighted by atomic mass is 16.3. The molecule has 0 saturated heterocycles. The lowest BCUT2D eigenvalue weighted by molar-refractivity contribution is 0.104. The molecule has 0 heterocycles. The molecule has 3 aliphatic rings. The lowest BCUT2D eigenvalue weighted by Gasteiger charge is -2.37. The van der Waals surface area contributed by atoms with E-state index in [1.165, 1.54) is 18.4 Å². The van der Waals surface area contributed by atoms with Crippen molar-refractivity contribution in [3.05, 3.63) is 95.6 Å². The maximum atomic E-state index is 12.0. The van der Waals surface area contributed by atoms with Gasteiger partial charge in [-0.1, -0.05) is 78.9 Å². The molecule has 24 heavy (non-hydrogen) atoms. The zero-order chi connectivity index (χ0) is 16.1. The molecule has 1 fully saturated rings. The maximum absolute atomic E-state index is 12.0. The molecule has 1 N–H and O–H groups in total. The molecule has 1 heteroatoms. The van der Waals surface area contributed by atoms with Crippen molar-refractivity contribution in [3.63, 3.8) is 0 Å². The third-order valence-corrected chi connectivity index (χ3v) is 6.40. The Labute approximate surface area is 143 Å². The molecule has 5 rings (SSSR count). The van der Waals surface area contributed by atoms with Crippen LogP contribution in [0.1, 0.15) is 24.0 Å². The summed E-state index contributed by atoms with van der Waals surface area (Å²) in [5, 5.41) is 12.0. The number of hydrogen-bond acceptors (Lipinski definition) is 1. The van der Waals surface area contributed by atoms with Crippen molar-refractivity contribution in [1.82, 2.24) is 0 Å². The van der Waals surface area contributed by atoms with Crippen LogP contribution in [0.3, 0.4) is 0 Å². The first-order valence-electron chi connectivity index (χ1n) is 9.01. The van der Waals surface area contributed by atoms with Crippen LogP contribution in [0.4, 0.5) is 0 Å². The number of benzene rings is 2. The second kappa shape index (κ2) is 5.19. The van der Waals surface area contributed by atoms with Gasteiger partial charge in [0.25, 0.3) is 0 Å². The SMILES string of the molecule is OC(C1=CC2CC1C1C=CCC21)(c1ccccc1)c1ccccc1. The standard InChI is InChI=1S/C23H22O/c24-23(17-8-3-1-4-9-17,18-10-5-2-6-11-18)22-15-16-14-21(22)20-13-7-12-19(16)20/h1-11,13,15-16,19-21,24H,12,14H2. The van der Waals surface area contributed by atoms with Crippen LogP contribution in [-0.4, -0.2) is 5.11 Å². The Kier molecular flexibility index (Phi) is 3.08. The first-order valence-corrected chi connectivity index (χ1v) is 9.01. The van der Waals surface area contributed by atoms with Gasteiger partial charge in [-0.05, 0) is 53.2 Å². The maximum Gasteiger partial charge on any atom is 0.136 e. The Bertz CT molecular complexity index is 763. The molecule has 2 bridgehead atoms. The summed E-state index contributed by atoms with van der Waals surface area (Å²) in [7, 11) is 0. The lowest BCUT2D eigenvalue weighted by Crippen LogP contribution is -2.35. The Morgan fingerprint density at radius 3 is 2.12 bits per heavy atom. The first kappa shape index (κ1) is 14.2. The third kappa shape index (κ3) is 1.85. The molecular weight excluding hydrogens is 292 g/mol. The van der Waals surface area contributed by atoms with Crippen LogP contribution in [0.25, 0.3) is 0 Å². The predicted molar refractivity (Wildman–Crippen MR) is 96.3 cm³/mol. The molecule has 0 aliphatic heterocycles. The molecule has 1 saturated carbocycles. The minimum Gasteiger partial charge on any atom is -0.376 e. The Balaban J connectivity index is 1.67. The number of allylic oxidation sites excluding steroid dienone is 3. The number of aliphatic hydroxyl groups is 1. The van der Waals surface area contributed by atoms with Crippen LogP contribution in [0.5, 0.6) is 0 Å². The third-order valence-electron chi connectivity index (χ3n) is 6.40. The monoisotopic (exact) mass is 314 g/mol. The minimum atomic E-state index is -1.01. The normalized spacial score (nSPS) is 30.5. The van der Waals surface area contributed by atoms with E-state index in [0.29, 0.717) is 17.8 Å². The zero-order valence-corrected chi connectivity index (χ0v) is 13.7. The lowest BCUT2D eigenvalue weighted by atomic mass is 9.70. The van der Waals surface area contributed by atoms with Crippen LogP contribution >= 0.6 is 0 Å². The van der Waals surface area contributed by atoms with Crippen molar-refractivity contribution in [2.24, 2.45) is 23.7 Å². The van der Waals surface area contributed by atoms with Gasteiger partial charge in [0.2, 0.25) is 0 Å². The van der Waals surface area contributed by atoms with E-state index < -0.39 is 5.60 Å². The molecule has 0 aromatic heterocycles. The van der Waals surface area contributed by atoms with Gasteiger partial charge in [0.1, 0.15) is 5.60 Å². The molecule has 0 radical (unpaired) electrons. The van der Waals surface area contributed by atoms with Crippen LogP contribution < -0.4 is 0 Å². The Morgan fingerprint density at radius 1 is 0.875 bits per heavy atom. The van der Waals surface area contributed by atoms with Gasteiger partial charge in [0.05, 0.1) is 0 Å². The summed E-state index contributed by atoms with van der Waals surface area (Å²) in [4.78, 5) is 0. The summed E-state index contributed by atoms with van der Waals surface area (Å²) >= 11 is 0. The molecule has 120 valence electrons. The zero-order valence-electron chi connectivity index (χ0n) is 13.7. The van der Waals surface area contributed by atoms with Gasteiger partial charge in [-0.3, -0.25) is 0 Å². The summed E-state index contributed by atoms with van der Waals surface area (Å²) in [6.07, 6.45) is 9.56. The van der Waals surface area contributed by atoms with Crippen molar-refractivity contribution in [1.29, 1.82) is 0 Å². The smallest absolute Gasteiger partial charge is 0.136 e. The van der Waals surface area contributed by atoms with Crippen LogP contribution in [0, 0.1) is 23.7 Å². The second-order valence-electron chi connectivity index (χ2n) is 7.48. The van der Waals surface area contributed by atoms with Crippen LogP contribution in [0.2, 0.25) is 0 Å². The average Bonchev–Trinajstić information content (AvgIpc) is 3.35. The summed E-state index contributed by atoms with van der Waals surface area (Å²) < 4.78 is 0. The van der Waals surface area contributed by atoms with Crippen molar-refractivity contribution in [2.75, 3.05) is 0 Å². The highest BCUT2D eigenvalue weighted by Gasteiger charge is 2.53. The van der Waals surface area contributed by atoms with Gasteiger partial charge >= 0.3 is 0 Å². The summed E-state index contributed by atoms with van der Waals surface area (Å²) in [5.41, 5.74) is 2.17. The van der Waals surface area contributed by atoms with E-state index in [-0.39, 0.29) is 0 Å². The van der Waals surface area contributed by atoms with E-state index in [0.717, 1.165) is 17.0 Å². The Morgan fingerprint density at radius 2 is 1.50 bits per heavy atom. The second-order valence-corrected chi connectivity index (χ2v) is 7.48. The molecule has 1 nitrogen and oxygen atoms in total. The van der Waals surface area contributed by atoms with Gasteiger partial charge in [-0.2, -0.15) is 0 Å². The fourth-order valence-electron chi connectivity index (χ4n) is 5.34. The number of rotatable bonds is 3. The highest BCUT2D eigenvalue weighted by molar-refractivity contribution is 5.49. The van der Waals surface area contributed by atoms with Crippen LogP contribution in [-0.2, 0) is 5.60 Å². The van der Waals surface area contributed by atoms with E-state index >= 15 is 0 Å². The Hall–Kier alpha value is -2.12. The summed E-state index contributed by atoms with van der Waals surface area (Å²) in [6, 6.07) is 20.3. The highest BCUT2D eigenvalue weighted by Crippen LogP contribution is 2.60. The minimum absolute atomic E-state index is 0.476. The van der Waals surface area contributed by atoms with Crippen molar-refractivity contribution >= 4 is 0 Å². The van der Waals surface area contributed by atoms with Crippen molar-refractivity contribution < 1.29 is 5.11 Å². The fraction of sp³-hybridized carbons (Fsp3) is 0.304. The molecule has 2 aromatic rings. The van der Waals surface area contributed by atoms with Crippen molar-refractivity contribution in [3.8, 4) is 0 Å². The van der Waals surface area contributed by atoms with Gasteiger partial charge < -0.3 is 5.11 Å². The van der Waals surface area contributed by atoms with Gasteiger partial charge in [0, 0.05) is 0 Å². The van der Waals surface area contributed by atoms with E-state index in [1.54, 1.807) is 0 Å². The number of fused-ring (bicyclic) bond motifs is 5. The molecule has 4 atom stereocenters. The largest absolute Gasteiger partial charge is 0.376 e. The molecule has 0 spiro atoms. The van der Waals surface area contributed by atoms with E-state index in [4.69, 9.17) is 0 Å². The molecule has 2 aromatic carbocycles. The average molecular weight is 314 g/mol. The van der Waals surface area contributed by atoms with E-state index in [9.17, 15) is 5.11 Å². The topological polar surface area (TPSA) is 20.2 Å². The molecular formula is C23H22O. The van der Waals surface area contributed by atoms with Crippen LogP contribution in [0.15, 0.2) is 84.5 Å². The van der Waals surface area contributed by atoms with E-state index in [1.807, 2.05) is 36.4 Å². The van der Waals surface area contributed by atoms with Gasteiger partial charge in [-0.25, -0.2) is 0 Å². The van der Waals surface area contributed by atoms with Gasteiger partial charge in [-0.15, -0.1) is 0 Å². The molecule has 4 unspecified atom stereocenters. The summed E-state index contributed by atoms with van der Waals surface area (Å²) in [6.45, 7) is 0. The summed E-state index contributed by atoms with van der Waals surface area (Å²) in [5.74, 6) is 2.50. The van der Waals surface area contributed by atoms with Crippen molar-refractivity contribution in [2.45, 2.75) is 18.4 Å². The number of hydrogen-bond donors (Lipinski definition) is 1. The van der Waals surface area contributed by atoms with E-state index in [2.05, 4.69) is 42.5 Å². The van der Waals surface area contributed by atoms with Gasteiger partial charge in [0.15, 0.2) is 0 Å². The molecule has 3 aliphatic carbocycles.